The van der Waals surface area contributed by atoms with Crippen molar-refractivity contribution in [3.05, 3.63) is 11.6 Å². The van der Waals surface area contributed by atoms with Gasteiger partial charge in [0, 0.05) is 25.3 Å². The van der Waals surface area contributed by atoms with Crippen molar-refractivity contribution in [3.63, 3.8) is 0 Å². The van der Waals surface area contributed by atoms with Crippen molar-refractivity contribution in [2.45, 2.75) is 111 Å². The second-order valence-corrected chi connectivity index (χ2v) is 13.3. The average Bonchev–Trinajstić information content (AvgIpc) is 2.93. The Bertz CT molecular complexity index is 949. The number of hydrogen-bond donors (Lipinski definition) is 1. The standard InChI is InChI=1S/C29H44O7/c1-17(2)12-24(32)36-21-14-27(7)22(26(5,6)25(21)35-19(4)31)10-11-28-13-20(8-9-23(27)28)29(33,15-28)16-34-18(3)30/h12,20-23,25,33H,8-11,13-16H2,1-7H3/t20-,21-,22+,23-,25-,27+,28+,29+/m1/s1. The maximum absolute atomic E-state index is 12.7. The van der Waals surface area contributed by atoms with E-state index in [1.165, 1.54) is 19.9 Å². The first-order valence-corrected chi connectivity index (χ1v) is 13.5. The van der Waals surface area contributed by atoms with Crippen molar-refractivity contribution >= 4 is 17.9 Å². The van der Waals surface area contributed by atoms with Gasteiger partial charge in [-0.2, -0.15) is 0 Å². The summed E-state index contributed by atoms with van der Waals surface area (Å²) in [6.45, 7) is 13.2. The SMILES string of the molecule is CC(=O)OC[C@@]1(O)C[C@@]23CC[C@H]4C(C)(C)[C@H](OC(C)=O)[C@H](OC(=O)C=C(C)C)C[C@]4(C)[C@H]2CC[C@@H]1C3. The van der Waals surface area contributed by atoms with Crippen molar-refractivity contribution in [3.8, 4) is 0 Å². The third kappa shape index (κ3) is 4.50. The largest absolute Gasteiger partial charge is 0.463 e. The van der Waals surface area contributed by atoms with Crippen LogP contribution in [0.4, 0.5) is 0 Å². The van der Waals surface area contributed by atoms with Gasteiger partial charge in [0.05, 0.1) is 0 Å². The minimum atomic E-state index is -0.983. The molecular weight excluding hydrogens is 460 g/mol. The number of fused-ring (bicyclic) bond motifs is 3. The van der Waals surface area contributed by atoms with Gasteiger partial charge in [0.15, 0.2) is 0 Å². The minimum Gasteiger partial charge on any atom is -0.463 e. The zero-order chi connectivity index (χ0) is 26.7. The van der Waals surface area contributed by atoms with Gasteiger partial charge in [-0.25, -0.2) is 4.79 Å². The number of ether oxygens (including phenoxy) is 3. The molecule has 2 bridgehead atoms. The Balaban J connectivity index is 1.68. The van der Waals surface area contributed by atoms with Crippen LogP contribution in [0.5, 0.6) is 0 Å². The van der Waals surface area contributed by atoms with E-state index in [4.69, 9.17) is 14.2 Å². The zero-order valence-corrected chi connectivity index (χ0v) is 23.0. The van der Waals surface area contributed by atoms with Crippen molar-refractivity contribution < 1.29 is 33.7 Å². The van der Waals surface area contributed by atoms with E-state index in [2.05, 4.69) is 20.8 Å². The number of hydrogen-bond acceptors (Lipinski definition) is 7. The van der Waals surface area contributed by atoms with Gasteiger partial charge in [-0.1, -0.05) is 26.3 Å². The highest BCUT2D eigenvalue weighted by atomic mass is 16.6. The van der Waals surface area contributed by atoms with E-state index in [1.54, 1.807) is 0 Å². The molecule has 4 aliphatic carbocycles. The Hall–Kier alpha value is -1.89. The van der Waals surface area contributed by atoms with Crippen molar-refractivity contribution in [2.24, 2.45) is 34.0 Å². The molecule has 1 N–H and O–H groups in total. The van der Waals surface area contributed by atoms with Crippen molar-refractivity contribution in [1.29, 1.82) is 0 Å². The Morgan fingerprint density at radius 1 is 0.917 bits per heavy atom. The van der Waals surface area contributed by atoms with Crippen molar-refractivity contribution in [1.82, 2.24) is 0 Å². The molecule has 7 nitrogen and oxygen atoms in total. The summed E-state index contributed by atoms with van der Waals surface area (Å²) in [7, 11) is 0. The van der Waals surface area contributed by atoms with Gasteiger partial charge in [0.2, 0.25) is 0 Å². The van der Waals surface area contributed by atoms with Crippen LogP contribution in [-0.4, -0.2) is 47.4 Å². The van der Waals surface area contributed by atoms with Gasteiger partial charge >= 0.3 is 17.9 Å². The first-order chi connectivity index (χ1) is 16.6. The van der Waals surface area contributed by atoms with Crippen LogP contribution in [0.1, 0.15) is 93.4 Å². The molecule has 7 heteroatoms. The van der Waals surface area contributed by atoms with Crippen molar-refractivity contribution in [2.75, 3.05) is 6.61 Å². The van der Waals surface area contributed by atoms with Crippen LogP contribution < -0.4 is 0 Å². The molecule has 0 amide bonds. The molecule has 36 heavy (non-hydrogen) atoms. The molecule has 4 saturated carbocycles. The highest BCUT2D eigenvalue weighted by Crippen LogP contribution is 2.73. The Labute approximate surface area is 215 Å². The second-order valence-electron chi connectivity index (χ2n) is 13.3. The topological polar surface area (TPSA) is 99.1 Å². The fourth-order valence-electron chi connectivity index (χ4n) is 9.26. The number of esters is 3. The Morgan fingerprint density at radius 2 is 1.61 bits per heavy atom. The van der Waals surface area contributed by atoms with Gasteiger partial charge in [-0.05, 0) is 87.4 Å². The lowest BCUT2D eigenvalue weighted by Gasteiger charge is -2.65. The smallest absolute Gasteiger partial charge is 0.331 e. The molecule has 0 unspecified atom stereocenters. The summed E-state index contributed by atoms with van der Waals surface area (Å²) >= 11 is 0. The van der Waals surface area contributed by atoms with Gasteiger partial charge in [-0.3, -0.25) is 9.59 Å². The molecule has 202 valence electrons. The van der Waals surface area contributed by atoms with Crippen LogP contribution in [0.25, 0.3) is 0 Å². The van der Waals surface area contributed by atoms with Crippen LogP contribution in [0, 0.1) is 34.0 Å². The second kappa shape index (κ2) is 9.14. The summed E-state index contributed by atoms with van der Waals surface area (Å²) in [6, 6.07) is 0. The predicted molar refractivity (Wildman–Crippen MR) is 134 cm³/mol. The summed E-state index contributed by atoms with van der Waals surface area (Å²) in [4.78, 5) is 36.4. The molecule has 0 saturated heterocycles. The first kappa shape index (κ1) is 27.2. The average molecular weight is 505 g/mol. The lowest BCUT2D eigenvalue weighted by atomic mass is 9.40. The molecule has 0 heterocycles. The Kier molecular flexibility index (Phi) is 6.89. The quantitative estimate of drug-likeness (QED) is 0.328. The molecule has 0 aromatic heterocycles. The fourth-order valence-corrected chi connectivity index (χ4v) is 9.26. The molecule has 4 fully saturated rings. The van der Waals surface area contributed by atoms with Crippen LogP contribution in [0.2, 0.25) is 0 Å². The first-order valence-electron chi connectivity index (χ1n) is 13.5. The number of carbonyl (C=O) groups excluding carboxylic acids is 3. The molecule has 4 aliphatic rings. The predicted octanol–water partition coefficient (Wildman–Crippen LogP) is 4.74. The summed E-state index contributed by atoms with van der Waals surface area (Å²) in [5.74, 6) is -0.373. The van der Waals surface area contributed by atoms with Gasteiger partial charge in [0.25, 0.3) is 0 Å². The van der Waals surface area contributed by atoms with E-state index in [9.17, 15) is 19.5 Å². The highest BCUT2D eigenvalue weighted by Gasteiger charge is 2.70. The molecule has 0 aliphatic heterocycles. The zero-order valence-electron chi connectivity index (χ0n) is 23.0. The summed E-state index contributed by atoms with van der Waals surface area (Å²) < 4.78 is 17.2. The van der Waals surface area contributed by atoms with E-state index in [1.807, 2.05) is 13.8 Å². The van der Waals surface area contributed by atoms with Gasteiger partial charge < -0.3 is 19.3 Å². The summed E-state index contributed by atoms with van der Waals surface area (Å²) in [5.41, 5.74) is -0.687. The third-order valence-electron chi connectivity index (χ3n) is 10.2. The van der Waals surface area contributed by atoms with E-state index in [0.717, 1.165) is 37.7 Å². The fraction of sp³-hybridized carbons (Fsp3) is 0.828. The number of carbonyl (C=O) groups is 3. The van der Waals surface area contributed by atoms with Gasteiger partial charge in [0.1, 0.15) is 24.4 Å². The number of rotatable bonds is 5. The number of allylic oxidation sites excluding steroid dienone is 1. The van der Waals surface area contributed by atoms with Crippen LogP contribution in [-0.2, 0) is 28.6 Å². The monoisotopic (exact) mass is 504 g/mol. The molecule has 0 aromatic carbocycles. The van der Waals surface area contributed by atoms with Crippen LogP contribution in [0.3, 0.4) is 0 Å². The molecular formula is C29H44O7. The normalized spacial score (nSPS) is 42.4. The molecule has 1 spiro atoms. The summed E-state index contributed by atoms with van der Waals surface area (Å²) in [6.07, 6.45) is 6.48. The van der Waals surface area contributed by atoms with Crippen LogP contribution in [0.15, 0.2) is 11.6 Å². The molecule has 8 atom stereocenters. The van der Waals surface area contributed by atoms with E-state index < -0.39 is 23.8 Å². The Morgan fingerprint density at radius 3 is 2.22 bits per heavy atom. The summed E-state index contributed by atoms with van der Waals surface area (Å²) in [5, 5.41) is 11.6. The van der Waals surface area contributed by atoms with E-state index in [0.29, 0.717) is 18.8 Å². The van der Waals surface area contributed by atoms with Crippen LogP contribution >= 0.6 is 0 Å². The lowest BCUT2D eigenvalue weighted by Crippen LogP contribution is -2.64. The third-order valence-corrected chi connectivity index (χ3v) is 10.2. The molecule has 0 aromatic rings. The van der Waals surface area contributed by atoms with Gasteiger partial charge in [-0.15, -0.1) is 0 Å². The number of aliphatic hydroxyl groups is 1. The lowest BCUT2D eigenvalue weighted by molar-refractivity contribution is -0.234. The molecule has 4 rings (SSSR count). The maximum atomic E-state index is 12.7. The molecule has 0 radical (unpaired) electrons. The highest BCUT2D eigenvalue weighted by molar-refractivity contribution is 5.82. The minimum absolute atomic E-state index is 0.0259. The van der Waals surface area contributed by atoms with E-state index >= 15 is 0 Å². The van der Waals surface area contributed by atoms with E-state index in [-0.39, 0.29) is 46.6 Å². The maximum Gasteiger partial charge on any atom is 0.331 e.